The van der Waals surface area contributed by atoms with Gasteiger partial charge in [-0.25, -0.2) is 8.78 Å². The molecule has 15 heteroatoms. The molecule has 0 heterocycles. The third-order valence-corrected chi connectivity index (χ3v) is 9.43. The van der Waals surface area contributed by atoms with E-state index in [9.17, 15) is 36.3 Å². The Balaban J connectivity index is 1.57. The van der Waals surface area contributed by atoms with E-state index < -0.39 is 75.4 Å². The third-order valence-electron chi connectivity index (χ3n) is 6.79. The Hall–Kier alpha value is -2.14. The van der Waals surface area contributed by atoms with Crippen LogP contribution in [0.5, 0.6) is 0 Å². The Morgan fingerprint density at radius 2 is 1.51 bits per heavy atom. The van der Waals surface area contributed by atoms with Crippen molar-refractivity contribution in [2.24, 2.45) is 5.92 Å². The standard InChI is InChI=1S/C28H16Cl6F5NO3/c1-10-4-13(40-26(43)22-21(27(22,33)34)12-5-16(29)24(32)17(30)6-12)8-15(23(10)31)19(41)9-14-18(35)3-2-11(25(14)36)7-20(42)28(37,38)39/h2-6,8,21-22H,7,9H2,1H3,(H,40,43)/t21-,22+/m0/s1. The summed E-state index contributed by atoms with van der Waals surface area (Å²) >= 11 is 37.3. The van der Waals surface area contributed by atoms with Crippen LogP contribution >= 0.6 is 69.6 Å². The van der Waals surface area contributed by atoms with Gasteiger partial charge in [0, 0.05) is 35.6 Å². The molecule has 228 valence electrons. The maximum absolute atomic E-state index is 15.0. The number of hydrogen-bond donors (Lipinski definition) is 1. The maximum Gasteiger partial charge on any atom is 0.450 e. The zero-order valence-electron chi connectivity index (χ0n) is 21.4. The molecule has 1 aliphatic rings. The summed E-state index contributed by atoms with van der Waals surface area (Å²) in [5.74, 6) is -8.18. The third kappa shape index (κ3) is 6.92. The summed E-state index contributed by atoms with van der Waals surface area (Å²) in [6, 6.07) is 6.90. The summed E-state index contributed by atoms with van der Waals surface area (Å²) in [6.45, 7) is 1.50. The molecule has 4 nitrogen and oxygen atoms in total. The first-order valence-electron chi connectivity index (χ1n) is 12.1. The van der Waals surface area contributed by atoms with E-state index in [4.69, 9.17) is 69.6 Å². The molecule has 3 aromatic carbocycles. The molecule has 1 aliphatic carbocycles. The number of carbonyl (C=O) groups excluding carboxylic acids is 3. The van der Waals surface area contributed by atoms with Crippen molar-refractivity contribution in [1.29, 1.82) is 0 Å². The van der Waals surface area contributed by atoms with E-state index in [1.165, 1.54) is 31.2 Å². The smallest absolute Gasteiger partial charge is 0.326 e. The number of amides is 1. The summed E-state index contributed by atoms with van der Waals surface area (Å²) in [7, 11) is 0. The average Bonchev–Trinajstić information content (AvgIpc) is 3.49. The minimum Gasteiger partial charge on any atom is -0.326 e. The summed E-state index contributed by atoms with van der Waals surface area (Å²) in [4.78, 5) is 37.6. The number of hydrogen-bond acceptors (Lipinski definition) is 3. The molecule has 0 bridgehead atoms. The molecule has 0 spiro atoms. The lowest BCUT2D eigenvalue weighted by molar-refractivity contribution is -0.170. The first kappa shape index (κ1) is 33.7. The molecule has 2 atom stereocenters. The summed E-state index contributed by atoms with van der Waals surface area (Å²) in [6.07, 6.45) is -7.55. The van der Waals surface area contributed by atoms with Crippen LogP contribution in [0.4, 0.5) is 27.6 Å². The first-order valence-corrected chi connectivity index (χ1v) is 14.3. The number of ketones is 2. The van der Waals surface area contributed by atoms with E-state index in [-0.39, 0.29) is 31.3 Å². The van der Waals surface area contributed by atoms with Gasteiger partial charge in [0.2, 0.25) is 11.7 Å². The molecule has 1 N–H and O–H groups in total. The van der Waals surface area contributed by atoms with Gasteiger partial charge >= 0.3 is 6.18 Å². The summed E-state index contributed by atoms with van der Waals surface area (Å²) < 4.78 is 65.9. The second kappa shape index (κ2) is 12.3. The Morgan fingerprint density at radius 1 is 0.907 bits per heavy atom. The highest BCUT2D eigenvalue weighted by molar-refractivity contribution is 6.54. The molecule has 0 aromatic heterocycles. The topological polar surface area (TPSA) is 63.2 Å². The van der Waals surface area contributed by atoms with E-state index in [0.717, 1.165) is 0 Å². The number of aryl methyl sites for hydroxylation is 1. The Labute approximate surface area is 271 Å². The van der Waals surface area contributed by atoms with Crippen LogP contribution in [-0.2, 0) is 22.4 Å². The first-order chi connectivity index (χ1) is 19.8. The molecule has 0 aliphatic heterocycles. The molecule has 1 amide bonds. The fraction of sp³-hybridized carbons (Fsp3) is 0.250. The summed E-state index contributed by atoms with van der Waals surface area (Å²) in [5, 5.41) is 2.86. The van der Waals surface area contributed by atoms with Gasteiger partial charge in [-0.05, 0) is 53.9 Å². The Morgan fingerprint density at radius 3 is 2.09 bits per heavy atom. The molecule has 4 rings (SSSR count). The number of halogens is 11. The zero-order chi connectivity index (χ0) is 32.2. The van der Waals surface area contributed by atoms with Gasteiger partial charge in [-0.3, -0.25) is 14.4 Å². The van der Waals surface area contributed by atoms with Crippen LogP contribution < -0.4 is 5.32 Å². The van der Waals surface area contributed by atoms with E-state index in [1.807, 2.05) is 0 Å². The van der Waals surface area contributed by atoms with Crippen LogP contribution in [0.3, 0.4) is 0 Å². The van der Waals surface area contributed by atoms with Gasteiger partial charge < -0.3 is 5.32 Å². The molecule has 0 saturated heterocycles. The SMILES string of the molecule is Cc1cc(NC(=O)[C@H]2[C@H](c3cc(Cl)c(Cl)c(Cl)c3)C2(Cl)Cl)cc(C(=O)Cc2c(F)ccc(CC(=O)C(F)(F)F)c2F)c1Cl. The fourth-order valence-corrected chi connectivity index (χ4v) is 6.22. The van der Waals surface area contributed by atoms with Crippen LogP contribution in [0, 0.1) is 24.5 Å². The van der Waals surface area contributed by atoms with Crippen molar-refractivity contribution in [3.8, 4) is 0 Å². The Kier molecular flexibility index (Phi) is 9.68. The molecule has 0 unspecified atom stereocenters. The van der Waals surface area contributed by atoms with Crippen LogP contribution in [0.25, 0.3) is 0 Å². The second-order valence-corrected chi connectivity index (χ2v) is 12.8. The van der Waals surface area contributed by atoms with E-state index in [2.05, 4.69) is 5.32 Å². The van der Waals surface area contributed by atoms with Gasteiger partial charge in [0.1, 0.15) is 16.0 Å². The number of anilines is 1. The van der Waals surface area contributed by atoms with Crippen molar-refractivity contribution in [2.75, 3.05) is 5.32 Å². The molecular weight excluding hydrogens is 706 g/mol. The highest BCUT2D eigenvalue weighted by atomic mass is 35.5. The highest BCUT2D eigenvalue weighted by Gasteiger charge is 2.67. The van der Waals surface area contributed by atoms with Crippen LogP contribution in [-0.4, -0.2) is 28.0 Å². The number of Topliss-reactive ketones (excluding diaryl/α,β-unsaturated/α-hetero) is 2. The van der Waals surface area contributed by atoms with Crippen LogP contribution in [0.15, 0.2) is 36.4 Å². The van der Waals surface area contributed by atoms with Gasteiger partial charge in [-0.15, -0.1) is 23.2 Å². The van der Waals surface area contributed by atoms with Gasteiger partial charge in [0.25, 0.3) is 0 Å². The predicted octanol–water partition coefficient (Wildman–Crippen LogP) is 9.51. The monoisotopic (exact) mass is 719 g/mol. The number of benzene rings is 3. The normalized spacial score (nSPS) is 17.5. The predicted molar refractivity (Wildman–Crippen MR) is 156 cm³/mol. The second-order valence-electron chi connectivity index (χ2n) is 9.77. The molecule has 1 saturated carbocycles. The molecule has 43 heavy (non-hydrogen) atoms. The lowest BCUT2D eigenvalue weighted by Gasteiger charge is -2.13. The van der Waals surface area contributed by atoms with Crippen molar-refractivity contribution in [3.63, 3.8) is 0 Å². The van der Waals surface area contributed by atoms with Crippen LogP contribution in [0.2, 0.25) is 20.1 Å². The molecular formula is C28H16Cl6F5NO3. The minimum absolute atomic E-state index is 0.0719. The highest BCUT2D eigenvalue weighted by Crippen LogP contribution is 2.65. The number of alkyl halides is 5. The lowest BCUT2D eigenvalue weighted by atomic mass is 9.97. The van der Waals surface area contributed by atoms with E-state index in [1.54, 1.807) is 0 Å². The molecule has 1 fully saturated rings. The number of nitrogens with one attached hydrogen (secondary N) is 1. The van der Waals surface area contributed by atoms with Gasteiger partial charge in [0.05, 0.1) is 26.0 Å². The van der Waals surface area contributed by atoms with Crippen molar-refractivity contribution in [2.45, 2.75) is 36.2 Å². The largest absolute Gasteiger partial charge is 0.450 e. The zero-order valence-corrected chi connectivity index (χ0v) is 26.0. The maximum atomic E-state index is 15.0. The number of carbonyl (C=O) groups is 3. The summed E-state index contributed by atoms with van der Waals surface area (Å²) in [5.41, 5.74) is -0.990. The van der Waals surface area contributed by atoms with E-state index in [0.29, 0.717) is 23.3 Å². The van der Waals surface area contributed by atoms with Gasteiger partial charge in [-0.1, -0.05) is 52.5 Å². The minimum atomic E-state index is -5.23. The van der Waals surface area contributed by atoms with Gasteiger partial charge in [-0.2, -0.15) is 13.2 Å². The van der Waals surface area contributed by atoms with E-state index >= 15 is 0 Å². The fourth-order valence-electron chi connectivity index (χ4n) is 4.56. The number of rotatable bonds is 8. The van der Waals surface area contributed by atoms with Gasteiger partial charge in [0.15, 0.2) is 5.78 Å². The van der Waals surface area contributed by atoms with Crippen LogP contribution in [0.1, 0.15) is 38.5 Å². The Bertz CT molecular complexity index is 1650. The quantitative estimate of drug-likeness (QED) is 0.109. The van der Waals surface area contributed by atoms with Crippen molar-refractivity contribution in [3.05, 3.63) is 95.9 Å². The lowest BCUT2D eigenvalue weighted by Crippen LogP contribution is -2.25. The van der Waals surface area contributed by atoms with Crippen molar-refractivity contribution in [1.82, 2.24) is 0 Å². The average molecular weight is 722 g/mol. The van der Waals surface area contributed by atoms with Crippen molar-refractivity contribution >= 4 is 92.8 Å². The molecule has 0 radical (unpaired) electrons. The molecule has 3 aromatic rings. The van der Waals surface area contributed by atoms with Crippen molar-refractivity contribution < 1.29 is 36.3 Å².